The fraction of sp³-hybridized carbons (Fsp3) is 0.118. The van der Waals surface area contributed by atoms with E-state index in [0.717, 1.165) is 17.1 Å². The van der Waals surface area contributed by atoms with Crippen molar-refractivity contribution >= 4 is 24.5 Å². The molecule has 0 atom stereocenters. The minimum absolute atomic E-state index is 0.418. The summed E-state index contributed by atoms with van der Waals surface area (Å²) in [5, 5.41) is 11.3. The Kier molecular flexibility index (Phi) is 5.02. The highest BCUT2D eigenvalue weighted by Gasteiger charge is 2.07. The first-order valence-electron chi connectivity index (χ1n) is 7.43. The molecule has 3 rings (SSSR count). The van der Waals surface area contributed by atoms with E-state index in [9.17, 15) is 0 Å². The predicted octanol–water partition coefficient (Wildman–Crippen LogP) is 4.15. The summed E-state index contributed by atoms with van der Waals surface area (Å²) in [4.78, 5) is 0. The van der Waals surface area contributed by atoms with Gasteiger partial charge in [0.15, 0.2) is 5.82 Å². The van der Waals surface area contributed by atoms with Crippen molar-refractivity contribution in [2.24, 2.45) is 5.10 Å². The molecule has 0 saturated heterocycles. The summed E-state index contributed by atoms with van der Waals surface area (Å²) < 4.78 is 12.6. The number of H-pyrrole nitrogens is 1. The molecule has 7 heteroatoms. The first kappa shape index (κ1) is 15.9. The van der Waals surface area contributed by atoms with Crippen LogP contribution in [-0.2, 0) is 0 Å². The number of hydrogen-bond acceptors (Lipinski definition) is 5. The van der Waals surface area contributed by atoms with Crippen molar-refractivity contribution in [2.75, 3.05) is 6.61 Å². The van der Waals surface area contributed by atoms with Crippen molar-refractivity contribution in [1.82, 2.24) is 14.9 Å². The van der Waals surface area contributed by atoms with E-state index in [1.54, 1.807) is 23.2 Å². The molecule has 0 radical (unpaired) electrons. The van der Waals surface area contributed by atoms with Crippen LogP contribution < -0.4 is 4.74 Å². The van der Waals surface area contributed by atoms with E-state index in [0.29, 0.717) is 17.2 Å². The van der Waals surface area contributed by atoms with Crippen LogP contribution in [0.4, 0.5) is 0 Å². The van der Waals surface area contributed by atoms with Crippen LogP contribution in [0.2, 0.25) is 0 Å². The summed E-state index contributed by atoms with van der Waals surface area (Å²) >= 11 is 5.23. The second-order valence-electron chi connectivity index (χ2n) is 4.76. The molecule has 122 valence electrons. The number of benzene rings is 1. The van der Waals surface area contributed by atoms with Gasteiger partial charge in [-0.1, -0.05) is 0 Å². The number of rotatable bonds is 6. The fourth-order valence-electron chi connectivity index (χ4n) is 2.08. The second-order valence-corrected chi connectivity index (χ2v) is 5.15. The maximum absolute atomic E-state index is 5.44. The van der Waals surface area contributed by atoms with Crippen LogP contribution in [0, 0.1) is 4.77 Å². The number of allylic oxidation sites excluding steroid dienone is 1. The molecule has 0 aliphatic rings. The van der Waals surface area contributed by atoms with E-state index in [1.165, 1.54) is 0 Å². The maximum Gasteiger partial charge on any atom is 0.216 e. The summed E-state index contributed by atoms with van der Waals surface area (Å²) in [6.45, 7) is 2.58. The molecule has 2 heterocycles. The van der Waals surface area contributed by atoms with Gasteiger partial charge >= 0.3 is 0 Å². The van der Waals surface area contributed by atoms with Crippen LogP contribution in [-0.4, -0.2) is 27.7 Å². The highest BCUT2D eigenvalue weighted by atomic mass is 32.1. The lowest BCUT2D eigenvalue weighted by Gasteiger charge is -2.04. The van der Waals surface area contributed by atoms with Crippen molar-refractivity contribution in [1.29, 1.82) is 0 Å². The molecule has 24 heavy (non-hydrogen) atoms. The minimum Gasteiger partial charge on any atom is -0.494 e. The number of ether oxygens (including phenoxy) is 1. The molecule has 0 aliphatic heterocycles. The lowest BCUT2D eigenvalue weighted by Crippen LogP contribution is -1.94. The lowest BCUT2D eigenvalue weighted by atomic mass is 10.2. The van der Waals surface area contributed by atoms with Gasteiger partial charge in [0, 0.05) is 11.8 Å². The largest absolute Gasteiger partial charge is 0.494 e. The first-order chi connectivity index (χ1) is 11.8. The standard InChI is InChI=1S/C17H16N4O2S/c1-2-22-15-9-7-13(8-10-15)16-19-20-17(24)21(16)18-11-3-5-14-6-4-12-23-14/h3-12H,2H2,1H3,(H,20,24)/b5-3+,18-11+. The third-order valence-corrected chi connectivity index (χ3v) is 3.41. The number of nitrogens with one attached hydrogen (secondary N) is 1. The Morgan fingerprint density at radius 1 is 1.33 bits per heavy atom. The first-order valence-corrected chi connectivity index (χ1v) is 7.84. The van der Waals surface area contributed by atoms with Gasteiger partial charge in [0.2, 0.25) is 4.77 Å². The molecule has 0 bridgehead atoms. The van der Waals surface area contributed by atoms with E-state index in [-0.39, 0.29) is 0 Å². The number of aromatic nitrogens is 3. The smallest absolute Gasteiger partial charge is 0.216 e. The highest BCUT2D eigenvalue weighted by Crippen LogP contribution is 2.21. The lowest BCUT2D eigenvalue weighted by molar-refractivity contribution is 0.340. The molecule has 6 nitrogen and oxygen atoms in total. The molecule has 0 spiro atoms. The SMILES string of the molecule is CCOc1ccc(-c2n[nH]c(=S)n2/N=C/C=C/c2ccco2)cc1. The summed E-state index contributed by atoms with van der Waals surface area (Å²) in [5.41, 5.74) is 0.887. The number of furan rings is 1. The van der Waals surface area contributed by atoms with Gasteiger partial charge in [-0.3, -0.25) is 0 Å². The fourth-order valence-corrected chi connectivity index (χ4v) is 2.26. The van der Waals surface area contributed by atoms with Crippen LogP contribution in [0.5, 0.6) is 5.75 Å². The highest BCUT2D eigenvalue weighted by molar-refractivity contribution is 7.71. The monoisotopic (exact) mass is 340 g/mol. The van der Waals surface area contributed by atoms with E-state index >= 15 is 0 Å². The maximum atomic E-state index is 5.44. The number of aromatic amines is 1. The average molecular weight is 340 g/mol. The van der Waals surface area contributed by atoms with Gasteiger partial charge in [-0.2, -0.15) is 14.9 Å². The number of nitrogens with zero attached hydrogens (tertiary/aromatic N) is 3. The van der Waals surface area contributed by atoms with Crippen LogP contribution in [0.25, 0.3) is 17.5 Å². The van der Waals surface area contributed by atoms with Gasteiger partial charge in [-0.15, -0.1) is 0 Å². The number of hydrogen-bond donors (Lipinski definition) is 1. The van der Waals surface area contributed by atoms with Gasteiger partial charge in [0.25, 0.3) is 0 Å². The zero-order valence-electron chi connectivity index (χ0n) is 13.0. The Morgan fingerprint density at radius 3 is 2.88 bits per heavy atom. The van der Waals surface area contributed by atoms with E-state index in [1.807, 2.05) is 49.4 Å². The van der Waals surface area contributed by atoms with Gasteiger partial charge < -0.3 is 9.15 Å². The topological polar surface area (TPSA) is 68.3 Å². The third kappa shape index (κ3) is 3.69. The summed E-state index contributed by atoms with van der Waals surface area (Å²) in [6, 6.07) is 11.3. The summed E-state index contributed by atoms with van der Waals surface area (Å²) in [6.07, 6.45) is 6.83. The van der Waals surface area contributed by atoms with E-state index in [4.69, 9.17) is 21.4 Å². The molecule has 0 amide bonds. The molecule has 3 aromatic rings. The quantitative estimate of drug-likeness (QED) is 0.541. The predicted molar refractivity (Wildman–Crippen MR) is 95.6 cm³/mol. The van der Waals surface area contributed by atoms with Crippen LogP contribution in [0.1, 0.15) is 12.7 Å². The molecule has 0 saturated carbocycles. The molecular formula is C17H16N4O2S. The van der Waals surface area contributed by atoms with Crippen LogP contribution >= 0.6 is 12.2 Å². The van der Waals surface area contributed by atoms with E-state index < -0.39 is 0 Å². The zero-order chi connectivity index (χ0) is 16.8. The molecule has 1 N–H and O–H groups in total. The Hall–Kier alpha value is -2.93. The third-order valence-electron chi connectivity index (χ3n) is 3.15. The molecule has 0 fully saturated rings. The Labute approximate surface area is 144 Å². The second kappa shape index (κ2) is 7.56. The van der Waals surface area contributed by atoms with Gasteiger partial charge in [0.1, 0.15) is 11.5 Å². The molecule has 0 unspecified atom stereocenters. The summed E-state index contributed by atoms with van der Waals surface area (Å²) in [7, 11) is 0. The molecule has 0 aliphatic carbocycles. The van der Waals surface area contributed by atoms with Gasteiger partial charge in [0.05, 0.1) is 12.9 Å². The molecule has 2 aromatic heterocycles. The van der Waals surface area contributed by atoms with Crippen molar-refractivity contribution < 1.29 is 9.15 Å². The molecule has 1 aromatic carbocycles. The Bertz CT molecular complexity index is 890. The van der Waals surface area contributed by atoms with Crippen molar-refractivity contribution in [3.8, 4) is 17.1 Å². The molecular weight excluding hydrogens is 324 g/mol. The minimum atomic E-state index is 0.418. The van der Waals surface area contributed by atoms with Crippen molar-refractivity contribution in [3.05, 3.63) is 59.3 Å². The normalized spacial score (nSPS) is 11.5. The Balaban J connectivity index is 1.82. The van der Waals surface area contributed by atoms with Crippen molar-refractivity contribution in [3.63, 3.8) is 0 Å². The van der Waals surface area contributed by atoms with E-state index in [2.05, 4.69) is 15.3 Å². The average Bonchev–Trinajstić information content (AvgIpc) is 3.23. The van der Waals surface area contributed by atoms with Crippen LogP contribution in [0.15, 0.2) is 58.3 Å². The summed E-state index contributed by atoms with van der Waals surface area (Å²) in [5.74, 6) is 2.20. The zero-order valence-corrected chi connectivity index (χ0v) is 13.9. The van der Waals surface area contributed by atoms with Crippen LogP contribution in [0.3, 0.4) is 0 Å². The van der Waals surface area contributed by atoms with Gasteiger partial charge in [-0.05, 0) is 67.7 Å². The Morgan fingerprint density at radius 2 is 2.17 bits per heavy atom. The van der Waals surface area contributed by atoms with Gasteiger partial charge in [-0.25, -0.2) is 5.10 Å². The van der Waals surface area contributed by atoms with Crippen molar-refractivity contribution in [2.45, 2.75) is 6.92 Å².